The van der Waals surface area contributed by atoms with E-state index in [4.69, 9.17) is 16.3 Å². The summed E-state index contributed by atoms with van der Waals surface area (Å²) >= 11 is 5.65. The minimum Gasteiger partial charge on any atom is -0.379 e. The maximum atomic E-state index is 14.8. The molecule has 0 amide bonds. The molecule has 0 N–H and O–H groups in total. The lowest BCUT2D eigenvalue weighted by Gasteiger charge is -2.39. The molecule has 2 fully saturated rings. The van der Waals surface area contributed by atoms with Crippen molar-refractivity contribution in [1.29, 1.82) is 0 Å². The summed E-state index contributed by atoms with van der Waals surface area (Å²) < 4.78 is 48.8. The van der Waals surface area contributed by atoms with E-state index in [1.165, 1.54) is 25.0 Å². The molecule has 0 heterocycles. The van der Waals surface area contributed by atoms with Crippen LogP contribution in [0.2, 0.25) is 5.02 Å². The van der Waals surface area contributed by atoms with Gasteiger partial charge in [-0.2, -0.15) is 0 Å². The van der Waals surface area contributed by atoms with Crippen molar-refractivity contribution in [2.45, 2.75) is 76.7 Å². The molecule has 0 aromatic heterocycles. The second-order valence-corrected chi connectivity index (χ2v) is 8.70. The van der Waals surface area contributed by atoms with Gasteiger partial charge in [-0.3, -0.25) is 0 Å². The highest BCUT2D eigenvalue weighted by atomic mass is 35.5. The predicted molar refractivity (Wildman–Crippen MR) is 103 cm³/mol. The van der Waals surface area contributed by atoms with Crippen molar-refractivity contribution >= 4 is 11.6 Å². The second-order valence-electron chi connectivity index (χ2n) is 8.29. The minimum absolute atomic E-state index is 0.0263. The van der Waals surface area contributed by atoms with Gasteiger partial charge in [0.2, 0.25) is 0 Å². The average Bonchev–Trinajstić information content (AvgIpc) is 2.66. The van der Waals surface area contributed by atoms with Crippen molar-refractivity contribution in [3.05, 3.63) is 34.6 Å². The van der Waals surface area contributed by atoms with Gasteiger partial charge in [-0.25, -0.2) is 13.2 Å². The monoisotopic (exact) mass is 402 g/mol. The Morgan fingerprint density at radius 2 is 1.59 bits per heavy atom. The van der Waals surface area contributed by atoms with Gasteiger partial charge in [0.15, 0.2) is 0 Å². The fraction of sp³-hybridized carbons (Fsp3) is 0.727. The molecule has 5 heteroatoms. The van der Waals surface area contributed by atoms with Gasteiger partial charge in [0.25, 0.3) is 5.92 Å². The van der Waals surface area contributed by atoms with Gasteiger partial charge in [0.05, 0.1) is 11.1 Å². The average molecular weight is 403 g/mol. The fourth-order valence-corrected chi connectivity index (χ4v) is 5.16. The van der Waals surface area contributed by atoms with Crippen LogP contribution in [-0.4, -0.2) is 18.6 Å². The molecule has 27 heavy (non-hydrogen) atoms. The number of hydrogen-bond donors (Lipinski definition) is 0. The van der Waals surface area contributed by atoms with Crippen LogP contribution in [-0.2, 0) is 11.2 Å². The minimum atomic E-state index is -2.79. The first-order valence-corrected chi connectivity index (χ1v) is 10.7. The number of alkyl halides is 2. The Kier molecular flexibility index (Phi) is 7.13. The quantitative estimate of drug-likeness (QED) is 0.495. The first kappa shape index (κ1) is 21.0. The molecule has 0 saturated heterocycles. The number of hydrogen-bond acceptors (Lipinski definition) is 1. The predicted octanol–water partition coefficient (Wildman–Crippen LogP) is 7.06. The maximum Gasteiger partial charge on any atom is 0.254 e. The van der Waals surface area contributed by atoms with Gasteiger partial charge >= 0.3 is 0 Å². The van der Waals surface area contributed by atoms with Crippen molar-refractivity contribution in [3.63, 3.8) is 0 Å². The fourth-order valence-electron chi connectivity index (χ4n) is 5.04. The zero-order chi connectivity index (χ0) is 19.4. The van der Waals surface area contributed by atoms with Gasteiger partial charge in [-0.15, -0.1) is 0 Å². The van der Waals surface area contributed by atoms with Crippen LogP contribution in [0.3, 0.4) is 0 Å². The molecule has 0 atom stereocenters. The topological polar surface area (TPSA) is 9.23 Å². The molecule has 0 aliphatic heterocycles. The Labute approximate surface area is 165 Å². The van der Waals surface area contributed by atoms with Crippen LogP contribution in [0.15, 0.2) is 18.2 Å². The lowest BCUT2D eigenvalue weighted by molar-refractivity contribution is -0.0786. The molecule has 1 aromatic carbocycles. The third kappa shape index (κ3) is 5.41. The molecule has 1 aromatic rings. The van der Waals surface area contributed by atoms with Crippen LogP contribution >= 0.6 is 11.6 Å². The highest BCUT2D eigenvalue weighted by Gasteiger charge is 2.42. The summed E-state index contributed by atoms with van der Waals surface area (Å²) in [5.41, 5.74) is 0.318. The van der Waals surface area contributed by atoms with Gasteiger partial charge in [-0.05, 0) is 87.8 Å². The van der Waals surface area contributed by atoms with Crippen LogP contribution in [0.25, 0.3) is 0 Å². The Bertz CT molecular complexity index is 606. The number of benzene rings is 1. The first-order valence-electron chi connectivity index (χ1n) is 10.3. The SMILES string of the molecule is CCOC1CCC(C2CCC(C(F)(F)Cc3ccc(Cl)c(F)c3)CC2)CC1. The highest BCUT2D eigenvalue weighted by Crippen LogP contribution is 2.45. The van der Waals surface area contributed by atoms with Crippen LogP contribution in [0.5, 0.6) is 0 Å². The van der Waals surface area contributed by atoms with Crippen molar-refractivity contribution < 1.29 is 17.9 Å². The van der Waals surface area contributed by atoms with Gasteiger partial charge in [0.1, 0.15) is 5.82 Å². The third-order valence-corrected chi connectivity index (χ3v) is 6.89. The van der Waals surface area contributed by atoms with Gasteiger partial charge < -0.3 is 4.74 Å². The smallest absolute Gasteiger partial charge is 0.254 e. The third-order valence-electron chi connectivity index (χ3n) is 6.58. The summed E-state index contributed by atoms with van der Waals surface area (Å²) in [6, 6.07) is 4.00. The van der Waals surface area contributed by atoms with Crippen molar-refractivity contribution in [2.24, 2.45) is 17.8 Å². The summed E-state index contributed by atoms with van der Waals surface area (Å²) in [7, 11) is 0. The second kappa shape index (κ2) is 9.17. The summed E-state index contributed by atoms with van der Waals surface area (Å²) in [4.78, 5) is 0. The van der Waals surface area contributed by atoms with Crippen LogP contribution in [0.1, 0.15) is 63.9 Å². The molecule has 0 unspecified atom stereocenters. The molecule has 0 spiro atoms. The number of halogens is 4. The molecule has 0 radical (unpaired) electrons. The first-order chi connectivity index (χ1) is 12.9. The Morgan fingerprint density at radius 3 is 2.15 bits per heavy atom. The molecular weight excluding hydrogens is 373 g/mol. The van der Waals surface area contributed by atoms with E-state index in [-0.39, 0.29) is 5.02 Å². The Hall–Kier alpha value is -0.740. The summed E-state index contributed by atoms with van der Waals surface area (Å²) in [5, 5.41) is -0.0263. The van der Waals surface area contributed by atoms with E-state index < -0.39 is 24.1 Å². The summed E-state index contributed by atoms with van der Waals surface area (Å²) in [6.07, 6.45) is 7.45. The maximum absolute atomic E-state index is 14.8. The molecule has 152 valence electrons. The van der Waals surface area contributed by atoms with Gasteiger partial charge in [0, 0.05) is 18.9 Å². The van der Waals surface area contributed by atoms with E-state index in [1.807, 2.05) is 6.92 Å². The molecule has 2 aliphatic carbocycles. The van der Waals surface area contributed by atoms with E-state index in [9.17, 15) is 13.2 Å². The van der Waals surface area contributed by atoms with Crippen LogP contribution < -0.4 is 0 Å². The lowest BCUT2D eigenvalue weighted by Crippen LogP contribution is -2.36. The zero-order valence-corrected chi connectivity index (χ0v) is 16.8. The van der Waals surface area contributed by atoms with E-state index >= 15 is 0 Å². The van der Waals surface area contributed by atoms with Crippen LogP contribution in [0, 0.1) is 23.6 Å². The Morgan fingerprint density at radius 1 is 1.00 bits per heavy atom. The van der Waals surface area contributed by atoms with Crippen molar-refractivity contribution in [2.75, 3.05) is 6.61 Å². The summed E-state index contributed by atoms with van der Waals surface area (Å²) in [6.45, 7) is 2.80. The molecule has 3 rings (SSSR count). The zero-order valence-electron chi connectivity index (χ0n) is 16.0. The standard InChI is InChI=1S/C22H30ClF3O/c1-2-27-19-10-6-17(7-11-19)16-4-8-18(9-5-16)22(25,26)14-15-3-12-20(23)21(24)13-15/h3,12-13,16-19H,2,4-11,14H2,1H3. The Balaban J connectivity index is 1.50. The van der Waals surface area contributed by atoms with E-state index in [0.717, 1.165) is 38.4 Å². The van der Waals surface area contributed by atoms with E-state index in [0.29, 0.717) is 36.3 Å². The van der Waals surface area contributed by atoms with E-state index in [1.54, 1.807) is 0 Å². The molecule has 2 aliphatic rings. The molecule has 1 nitrogen and oxygen atoms in total. The normalized spacial score (nSPS) is 29.7. The lowest BCUT2D eigenvalue weighted by atomic mass is 9.69. The van der Waals surface area contributed by atoms with Gasteiger partial charge in [-0.1, -0.05) is 17.7 Å². The van der Waals surface area contributed by atoms with Crippen molar-refractivity contribution in [3.8, 4) is 0 Å². The van der Waals surface area contributed by atoms with Crippen molar-refractivity contribution in [1.82, 2.24) is 0 Å². The number of ether oxygens (including phenoxy) is 1. The number of rotatable bonds is 6. The largest absolute Gasteiger partial charge is 0.379 e. The van der Waals surface area contributed by atoms with E-state index in [2.05, 4.69) is 0 Å². The molecular formula is C22H30ClF3O. The summed E-state index contributed by atoms with van der Waals surface area (Å²) in [5.74, 6) is -2.78. The van der Waals surface area contributed by atoms with Crippen LogP contribution in [0.4, 0.5) is 13.2 Å². The molecule has 2 saturated carbocycles. The molecule has 0 bridgehead atoms. The highest BCUT2D eigenvalue weighted by molar-refractivity contribution is 6.30.